The van der Waals surface area contributed by atoms with Crippen molar-refractivity contribution in [1.29, 1.82) is 0 Å². The highest BCUT2D eigenvalue weighted by molar-refractivity contribution is 5.94. The SMILES string of the molecule is Nc1c(CO)cc(CO)cc1C(=O)O. The molecule has 14 heavy (non-hydrogen) atoms. The molecule has 1 aromatic rings. The van der Waals surface area contributed by atoms with Crippen molar-refractivity contribution >= 4 is 11.7 Å². The maximum absolute atomic E-state index is 10.7. The molecule has 5 N–H and O–H groups in total. The predicted octanol–water partition coefficient (Wildman–Crippen LogP) is -0.0484. The van der Waals surface area contributed by atoms with Crippen LogP contribution in [0.2, 0.25) is 0 Å². The van der Waals surface area contributed by atoms with Gasteiger partial charge in [-0.3, -0.25) is 0 Å². The first-order valence-electron chi connectivity index (χ1n) is 3.96. The van der Waals surface area contributed by atoms with Crippen LogP contribution in [0.25, 0.3) is 0 Å². The van der Waals surface area contributed by atoms with Crippen LogP contribution in [0.15, 0.2) is 12.1 Å². The van der Waals surface area contributed by atoms with Crippen molar-refractivity contribution < 1.29 is 20.1 Å². The molecule has 5 heteroatoms. The summed E-state index contributed by atoms with van der Waals surface area (Å²) >= 11 is 0. The Balaban J connectivity index is 3.34. The number of carbonyl (C=O) groups is 1. The summed E-state index contributed by atoms with van der Waals surface area (Å²) in [5.74, 6) is -1.17. The lowest BCUT2D eigenvalue weighted by molar-refractivity contribution is 0.0697. The van der Waals surface area contributed by atoms with Crippen molar-refractivity contribution in [1.82, 2.24) is 0 Å². The summed E-state index contributed by atoms with van der Waals surface area (Å²) in [4.78, 5) is 10.7. The quantitative estimate of drug-likeness (QED) is 0.509. The number of carboxylic acid groups (broad SMARTS) is 1. The Bertz CT molecular complexity index is 362. The fourth-order valence-electron chi connectivity index (χ4n) is 1.18. The van der Waals surface area contributed by atoms with Crippen LogP contribution in [-0.2, 0) is 13.2 Å². The molecule has 0 saturated carbocycles. The summed E-state index contributed by atoms with van der Waals surface area (Å²) in [6.45, 7) is -0.631. The molecule has 0 heterocycles. The zero-order chi connectivity index (χ0) is 10.7. The highest BCUT2D eigenvalue weighted by Gasteiger charge is 2.12. The molecule has 0 spiro atoms. The molecule has 0 radical (unpaired) electrons. The van der Waals surface area contributed by atoms with Gasteiger partial charge in [0.15, 0.2) is 0 Å². The number of aromatic carboxylic acids is 1. The zero-order valence-electron chi connectivity index (χ0n) is 7.40. The Hall–Kier alpha value is -1.59. The molecule has 0 aromatic heterocycles. The third-order valence-corrected chi connectivity index (χ3v) is 1.91. The number of hydrogen-bond acceptors (Lipinski definition) is 4. The number of nitrogen functional groups attached to an aromatic ring is 1. The number of anilines is 1. The standard InChI is InChI=1S/C9H11NO4/c10-8-6(4-12)1-5(3-11)2-7(8)9(13)14/h1-2,11-12H,3-4,10H2,(H,13,14). The molecule has 0 aliphatic carbocycles. The van der Waals surface area contributed by atoms with Gasteiger partial charge >= 0.3 is 5.97 Å². The smallest absolute Gasteiger partial charge is 0.337 e. The monoisotopic (exact) mass is 197 g/mol. The molecule has 76 valence electrons. The van der Waals surface area contributed by atoms with E-state index >= 15 is 0 Å². The third-order valence-electron chi connectivity index (χ3n) is 1.91. The summed E-state index contributed by atoms with van der Waals surface area (Å²) in [6.07, 6.45) is 0. The zero-order valence-corrected chi connectivity index (χ0v) is 7.40. The van der Waals surface area contributed by atoms with Gasteiger partial charge in [0.1, 0.15) is 0 Å². The minimum absolute atomic E-state index is 0.0391. The average molecular weight is 197 g/mol. The number of aliphatic hydroxyl groups is 2. The minimum Gasteiger partial charge on any atom is -0.478 e. The van der Waals surface area contributed by atoms with E-state index in [4.69, 9.17) is 21.1 Å². The van der Waals surface area contributed by atoms with Crippen LogP contribution in [0, 0.1) is 0 Å². The first-order chi connectivity index (χ1) is 6.60. The topological polar surface area (TPSA) is 104 Å². The van der Waals surface area contributed by atoms with Crippen LogP contribution in [0.3, 0.4) is 0 Å². The largest absolute Gasteiger partial charge is 0.478 e. The van der Waals surface area contributed by atoms with Gasteiger partial charge in [-0.15, -0.1) is 0 Å². The Labute approximate surface area is 80.4 Å². The van der Waals surface area contributed by atoms with Crippen molar-refractivity contribution in [3.8, 4) is 0 Å². The van der Waals surface area contributed by atoms with E-state index in [0.717, 1.165) is 0 Å². The molecule has 0 atom stereocenters. The predicted molar refractivity (Wildman–Crippen MR) is 49.7 cm³/mol. The lowest BCUT2D eigenvalue weighted by atomic mass is 10.0. The summed E-state index contributed by atoms with van der Waals surface area (Å²) in [5, 5.41) is 26.5. The Kier molecular flexibility index (Phi) is 3.06. The van der Waals surface area contributed by atoms with E-state index in [0.29, 0.717) is 11.1 Å². The Morgan fingerprint density at radius 1 is 1.29 bits per heavy atom. The lowest BCUT2D eigenvalue weighted by Gasteiger charge is -2.08. The van der Waals surface area contributed by atoms with Gasteiger partial charge in [-0.05, 0) is 17.7 Å². The van der Waals surface area contributed by atoms with Gasteiger partial charge in [0.05, 0.1) is 24.5 Å². The molecule has 5 nitrogen and oxygen atoms in total. The summed E-state index contributed by atoms with van der Waals surface area (Å²) in [7, 11) is 0. The van der Waals surface area contributed by atoms with E-state index < -0.39 is 5.97 Å². The number of carboxylic acids is 1. The van der Waals surface area contributed by atoms with Gasteiger partial charge in [-0.1, -0.05) is 0 Å². The van der Waals surface area contributed by atoms with Crippen molar-refractivity contribution in [2.45, 2.75) is 13.2 Å². The van der Waals surface area contributed by atoms with Crippen LogP contribution < -0.4 is 5.73 Å². The number of nitrogens with two attached hydrogens (primary N) is 1. The van der Waals surface area contributed by atoms with Crippen LogP contribution >= 0.6 is 0 Å². The van der Waals surface area contributed by atoms with Crippen molar-refractivity contribution in [2.24, 2.45) is 0 Å². The summed E-state index contributed by atoms with van der Waals surface area (Å²) in [5.41, 5.74) is 6.17. The molecule has 0 bridgehead atoms. The highest BCUT2D eigenvalue weighted by Crippen LogP contribution is 2.20. The van der Waals surface area contributed by atoms with Crippen molar-refractivity contribution in [2.75, 3.05) is 5.73 Å². The van der Waals surface area contributed by atoms with Gasteiger partial charge in [0.2, 0.25) is 0 Å². The van der Waals surface area contributed by atoms with Gasteiger partial charge in [0.25, 0.3) is 0 Å². The minimum atomic E-state index is -1.17. The first-order valence-corrected chi connectivity index (χ1v) is 3.96. The van der Waals surface area contributed by atoms with Gasteiger partial charge in [-0.25, -0.2) is 4.79 Å². The summed E-state index contributed by atoms with van der Waals surface area (Å²) in [6, 6.07) is 2.76. The van der Waals surface area contributed by atoms with E-state index in [1.165, 1.54) is 12.1 Å². The van der Waals surface area contributed by atoms with Crippen LogP contribution in [-0.4, -0.2) is 21.3 Å². The van der Waals surface area contributed by atoms with E-state index in [2.05, 4.69) is 0 Å². The van der Waals surface area contributed by atoms with E-state index in [9.17, 15) is 4.79 Å². The van der Waals surface area contributed by atoms with Gasteiger partial charge in [0, 0.05) is 5.56 Å². The second kappa shape index (κ2) is 4.08. The van der Waals surface area contributed by atoms with Gasteiger partial charge in [-0.2, -0.15) is 0 Å². The molecule has 1 aromatic carbocycles. The third kappa shape index (κ3) is 1.84. The van der Waals surface area contributed by atoms with E-state index in [-0.39, 0.29) is 24.5 Å². The number of aliphatic hydroxyl groups excluding tert-OH is 2. The second-order valence-electron chi connectivity index (χ2n) is 2.84. The molecule has 0 amide bonds. The molecular formula is C9H11NO4. The van der Waals surface area contributed by atoms with E-state index in [1.54, 1.807) is 0 Å². The normalized spacial score (nSPS) is 10.1. The van der Waals surface area contributed by atoms with Crippen molar-refractivity contribution in [3.63, 3.8) is 0 Å². The Morgan fingerprint density at radius 3 is 2.36 bits per heavy atom. The molecular weight excluding hydrogens is 186 g/mol. The van der Waals surface area contributed by atoms with Gasteiger partial charge < -0.3 is 21.1 Å². The Morgan fingerprint density at radius 2 is 1.93 bits per heavy atom. The maximum Gasteiger partial charge on any atom is 0.337 e. The number of rotatable bonds is 3. The fraction of sp³-hybridized carbons (Fsp3) is 0.222. The highest BCUT2D eigenvalue weighted by atomic mass is 16.4. The van der Waals surface area contributed by atoms with Crippen molar-refractivity contribution in [3.05, 3.63) is 28.8 Å². The molecule has 0 saturated heterocycles. The fourth-order valence-corrected chi connectivity index (χ4v) is 1.18. The number of benzene rings is 1. The second-order valence-corrected chi connectivity index (χ2v) is 2.84. The van der Waals surface area contributed by atoms with Crippen LogP contribution in [0.1, 0.15) is 21.5 Å². The average Bonchev–Trinajstić information content (AvgIpc) is 2.17. The van der Waals surface area contributed by atoms with Crippen LogP contribution in [0.4, 0.5) is 5.69 Å². The molecule has 0 unspecified atom stereocenters. The first kappa shape index (κ1) is 10.5. The molecule has 1 rings (SSSR count). The van der Waals surface area contributed by atoms with E-state index in [1.807, 2.05) is 0 Å². The number of hydrogen-bond donors (Lipinski definition) is 4. The van der Waals surface area contributed by atoms with Crippen LogP contribution in [0.5, 0.6) is 0 Å². The molecule has 0 fully saturated rings. The maximum atomic E-state index is 10.7. The molecule has 0 aliphatic rings. The lowest BCUT2D eigenvalue weighted by Crippen LogP contribution is -2.07. The molecule has 0 aliphatic heterocycles. The summed E-state index contributed by atoms with van der Waals surface area (Å²) < 4.78 is 0.